The molecule has 2 aromatic carbocycles. The van der Waals surface area contributed by atoms with Crippen molar-refractivity contribution in [3.8, 4) is 5.75 Å². The van der Waals surface area contributed by atoms with Crippen LogP contribution in [0, 0.1) is 11.7 Å². The first-order valence-electron chi connectivity index (χ1n) is 8.51. The average molecular weight is 329 g/mol. The third-order valence-corrected chi connectivity index (χ3v) is 4.72. The highest BCUT2D eigenvalue weighted by molar-refractivity contribution is 5.35. The van der Waals surface area contributed by atoms with E-state index in [9.17, 15) is 9.50 Å². The second-order valence-electron chi connectivity index (χ2n) is 6.49. The van der Waals surface area contributed by atoms with E-state index in [0.29, 0.717) is 6.54 Å². The Kier molecular flexibility index (Phi) is 5.48. The lowest BCUT2D eigenvalue weighted by Crippen LogP contribution is -2.41. The lowest BCUT2D eigenvalue weighted by molar-refractivity contribution is 0.0255. The molecule has 0 fully saturated rings. The predicted molar refractivity (Wildman–Crippen MR) is 92.5 cm³/mol. The SMILES string of the molecule is CC([C@@H](O)CNCc1ccccc1)[C@H]1CCc2cc(F)ccc2O1. The highest BCUT2D eigenvalue weighted by Crippen LogP contribution is 2.31. The largest absolute Gasteiger partial charge is 0.490 e. The number of ether oxygens (including phenoxy) is 1. The van der Waals surface area contributed by atoms with Crippen LogP contribution in [0.1, 0.15) is 24.5 Å². The number of rotatable bonds is 6. The molecule has 3 atom stereocenters. The Bertz CT molecular complexity index is 662. The summed E-state index contributed by atoms with van der Waals surface area (Å²) in [6.45, 7) is 3.26. The average Bonchev–Trinajstić information content (AvgIpc) is 2.61. The van der Waals surface area contributed by atoms with E-state index < -0.39 is 6.10 Å². The summed E-state index contributed by atoms with van der Waals surface area (Å²) in [7, 11) is 0. The number of benzene rings is 2. The van der Waals surface area contributed by atoms with Gasteiger partial charge in [-0.3, -0.25) is 0 Å². The van der Waals surface area contributed by atoms with Gasteiger partial charge in [0.1, 0.15) is 17.7 Å². The van der Waals surface area contributed by atoms with Gasteiger partial charge in [0.15, 0.2) is 0 Å². The molecule has 0 amide bonds. The molecule has 0 spiro atoms. The van der Waals surface area contributed by atoms with Crippen molar-refractivity contribution in [2.45, 2.75) is 38.5 Å². The third-order valence-electron chi connectivity index (χ3n) is 4.72. The first kappa shape index (κ1) is 16.9. The lowest BCUT2D eigenvalue weighted by Gasteiger charge is -2.33. The molecule has 3 rings (SSSR count). The van der Waals surface area contributed by atoms with Crippen molar-refractivity contribution in [3.05, 3.63) is 65.5 Å². The van der Waals surface area contributed by atoms with Gasteiger partial charge < -0.3 is 15.2 Å². The van der Waals surface area contributed by atoms with Gasteiger partial charge in [0.2, 0.25) is 0 Å². The first-order valence-corrected chi connectivity index (χ1v) is 8.51. The maximum absolute atomic E-state index is 13.3. The first-order chi connectivity index (χ1) is 11.6. The number of aliphatic hydroxyl groups is 1. The fraction of sp³-hybridized carbons (Fsp3) is 0.400. The third kappa shape index (κ3) is 4.13. The van der Waals surface area contributed by atoms with E-state index >= 15 is 0 Å². The molecule has 0 radical (unpaired) electrons. The summed E-state index contributed by atoms with van der Waals surface area (Å²) in [4.78, 5) is 0. The predicted octanol–water partition coefficient (Wildman–Crippen LogP) is 3.31. The summed E-state index contributed by atoms with van der Waals surface area (Å²) in [5.74, 6) is 0.518. The van der Waals surface area contributed by atoms with Crippen molar-refractivity contribution in [1.82, 2.24) is 5.32 Å². The van der Waals surface area contributed by atoms with Crippen LogP contribution in [0.4, 0.5) is 4.39 Å². The number of nitrogens with one attached hydrogen (secondary N) is 1. The van der Waals surface area contributed by atoms with Gasteiger partial charge in [0.25, 0.3) is 0 Å². The van der Waals surface area contributed by atoms with E-state index in [4.69, 9.17) is 4.74 Å². The molecule has 0 aromatic heterocycles. The van der Waals surface area contributed by atoms with Crippen molar-refractivity contribution >= 4 is 0 Å². The van der Waals surface area contributed by atoms with Gasteiger partial charge in [0.05, 0.1) is 6.10 Å². The number of fused-ring (bicyclic) bond motifs is 1. The number of halogens is 1. The summed E-state index contributed by atoms with van der Waals surface area (Å²) >= 11 is 0. The Labute approximate surface area is 142 Å². The van der Waals surface area contributed by atoms with Gasteiger partial charge >= 0.3 is 0 Å². The van der Waals surface area contributed by atoms with Gasteiger partial charge in [0, 0.05) is 19.0 Å². The van der Waals surface area contributed by atoms with Crippen LogP contribution < -0.4 is 10.1 Å². The van der Waals surface area contributed by atoms with Gasteiger partial charge in [-0.25, -0.2) is 4.39 Å². The van der Waals surface area contributed by atoms with Crippen LogP contribution in [0.25, 0.3) is 0 Å². The molecule has 1 aliphatic heterocycles. The molecule has 24 heavy (non-hydrogen) atoms. The maximum atomic E-state index is 13.3. The van der Waals surface area contributed by atoms with Crippen LogP contribution in [0.2, 0.25) is 0 Å². The maximum Gasteiger partial charge on any atom is 0.123 e. The fourth-order valence-corrected chi connectivity index (χ4v) is 3.14. The molecule has 3 nitrogen and oxygen atoms in total. The number of aryl methyl sites for hydroxylation is 1. The second-order valence-corrected chi connectivity index (χ2v) is 6.49. The summed E-state index contributed by atoms with van der Waals surface area (Å²) in [6, 6.07) is 14.8. The highest BCUT2D eigenvalue weighted by atomic mass is 19.1. The Balaban J connectivity index is 1.50. The topological polar surface area (TPSA) is 41.5 Å². The van der Waals surface area contributed by atoms with Crippen molar-refractivity contribution in [3.63, 3.8) is 0 Å². The quantitative estimate of drug-likeness (QED) is 0.854. The van der Waals surface area contributed by atoms with Crippen molar-refractivity contribution < 1.29 is 14.2 Å². The number of hydrogen-bond acceptors (Lipinski definition) is 3. The molecule has 4 heteroatoms. The van der Waals surface area contributed by atoms with E-state index in [1.54, 1.807) is 6.07 Å². The van der Waals surface area contributed by atoms with Crippen LogP contribution >= 0.6 is 0 Å². The van der Waals surface area contributed by atoms with Crippen LogP contribution in [0.3, 0.4) is 0 Å². The van der Waals surface area contributed by atoms with E-state index in [1.165, 1.54) is 17.7 Å². The van der Waals surface area contributed by atoms with E-state index in [1.807, 2.05) is 25.1 Å². The molecule has 0 bridgehead atoms. The van der Waals surface area contributed by atoms with Gasteiger partial charge in [-0.05, 0) is 42.2 Å². The molecule has 2 N–H and O–H groups in total. The summed E-state index contributed by atoms with van der Waals surface area (Å²) in [6.07, 6.45) is 1.05. The molecule has 128 valence electrons. The molecule has 0 saturated heterocycles. The highest BCUT2D eigenvalue weighted by Gasteiger charge is 2.29. The molecule has 1 aliphatic rings. The molecular formula is C20H24FNO2. The standard InChI is InChI=1S/C20H24FNO2/c1-14(18(23)13-22-12-15-5-3-2-4-6-15)19-9-7-16-11-17(21)8-10-20(16)24-19/h2-6,8,10-11,14,18-19,22-23H,7,9,12-13H2,1H3/t14?,18-,19+/m0/s1. The Morgan fingerprint density at radius 2 is 2.04 bits per heavy atom. The van der Waals surface area contributed by atoms with Crippen LogP contribution in [0.15, 0.2) is 48.5 Å². The molecule has 1 heterocycles. The Morgan fingerprint density at radius 3 is 2.83 bits per heavy atom. The van der Waals surface area contributed by atoms with Gasteiger partial charge in [-0.1, -0.05) is 37.3 Å². The molecule has 0 saturated carbocycles. The minimum Gasteiger partial charge on any atom is -0.490 e. The zero-order chi connectivity index (χ0) is 16.9. The summed E-state index contributed by atoms with van der Waals surface area (Å²) < 4.78 is 19.2. The van der Waals surface area contributed by atoms with Crippen LogP contribution in [0.5, 0.6) is 5.75 Å². The van der Waals surface area contributed by atoms with Crippen molar-refractivity contribution in [2.24, 2.45) is 5.92 Å². The molecule has 0 aliphatic carbocycles. The smallest absolute Gasteiger partial charge is 0.123 e. The van der Waals surface area contributed by atoms with Crippen molar-refractivity contribution in [1.29, 1.82) is 0 Å². The minimum atomic E-state index is -0.485. The van der Waals surface area contributed by atoms with E-state index in [-0.39, 0.29) is 17.8 Å². The monoisotopic (exact) mass is 329 g/mol. The molecule has 1 unspecified atom stereocenters. The van der Waals surface area contributed by atoms with Gasteiger partial charge in [-0.2, -0.15) is 0 Å². The fourth-order valence-electron chi connectivity index (χ4n) is 3.14. The zero-order valence-corrected chi connectivity index (χ0v) is 13.9. The molecular weight excluding hydrogens is 305 g/mol. The van der Waals surface area contributed by atoms with Gasteiger partial charge in [-0.15, -0.1) is 0 Å². The normalized spacial score (nSPS) is 19.2. The zero-order valence-electron chi connectivity index (χ0n) is 13.9. The van der Waals surface area contributed by atoms with Crippen molar-refractivity contribution in [2.75, 3.05) is 6.54 Å². The lowest BCUT2D eigenvalue weighted by atomic mass is 9.90. The Hall–Kier alpha value is -1.91. The second kappa shape index (κ2) is 7.77. The van der Waals surface area contributed by atoms with E-state index in [2.05, 4.69) is 17.4 Å². The molecule has 2 aromatic rings. The summed E-state index contributed by atoms with van der Waals surface area (Å²) in [5, 5.41) is 13.7. The summed E-state index contributed by atoms with van der Waals surface area (Å²) in [5.41, 5.74) is 2.11. The Morgan fingerprint density at radius 1 is 1.25 bits per heavy atom. The number of hydrogen-bond donors (Lipinski definition) is 2. The van der Waals surface area contributed by atoms with Crippen LogP contribution in [-0.2, 0) is 13.0 Å². The minimum absolute atomic E-state index is 0.00600. The van der Waals surface area contributed by atoms with E-state index in [0.717, 1.165) is 30.7 Å². The number of aliphatic hydroxyl groups excluding tert-OH is 1. The van der Waals surface area contributed by atoms with Crippen LogP contribution in [-0.4, -0.2) is 23.9 Å².